The first kappa shape index (κ1) is 33.6. The summed E-state index contributed by atoms with van der Waals surface area (Å²) in [5.74, 6) is 0.861. The molecule has 1 atom stereocenters. The van der Waals surface area contributed by atoms with Gasteiger partial charge in [0.1, 0.15) is 11.8 Å². The molecule has 1 unspecified atom stereocenters. The van der Waals surface area contributed by atoms with Gasteiger partial charge in [0.25, 0.3) is 0 Å². The summed E-state index contributed by atoms with van der Waals surface area (Å²) >= 11 is 0. The standard InChI is InChI=1S/C25H30N2O.C3H6.C2H6.C2H2/c1-5-20(2)18-22-13-14-23(19-24(22)25(15-16-26)27(3)4)28-17-9-12-21-10-7-6-8-11-21;1-3-2;2*1-2/h5-8,10-11,13-14,19,25H,1-2,9,12,15,17-18H2,3-4H3;3H,1H2,2H3;1-2H3;1-2H/p+1. The van der Waals surface area contributed by atoms with Crippen molar-refractivity contribution in [2.24, 2.45) is 0 Å². The fraction of sp³-hybridized carbons (Fsp3) is 0.344. The van der Waals surface area contributed by atoms with Crippen LogP contribution in [0.4, 0.5) is 0 Å². The SMILES string of the molecule is C#C.C=CC.C=CC(=C)Cc1ccc(OCCCc2ccccc2)cc1C(CC#N)[NH+](C)C.CC. The van der Waals surface area contributed by atoms with Crippen molar-refractivity contribution in [3.05, 3.63) is 103 Å². The summed E-state index contributed by atoms with van der Waals surface area (Å²) in [5, 5.41) is 9.29. The fourth-order valence-corrected chi connectivity index (χ4v) is 3.29. The van der Waals surface area contributed by atoms with E-state index < -0.39 is 0 Å². The van der Waals surface area contributed by atoms with Gasteiger partial charge in [-0.2, -0.15) is 5.26 Å². The molecule has 0 spiro atoms. The van der Waals surface area contributed by atoms with Crippen LogP contribution in [0.15, 0.2) is 86.0 Å². The number of ether oxygens (including phenoxy) is 1. The van der Waals surface area contributed by atoms with Gasteiger partial charge in [-0.3, -0.25) is 0 Å². The molecule has 0 bridgehead atoms. The van der Waals surface area contributed by atoms with Crippen LogP contribution in [0.3, 0.4) is 0 Å². The molecule has 2 aromatic rings. The molecule has 2 aromatic carbocycles. The van der Waals surface area contributed by atoms with E-state index in [0.29, 0.717) is 13.0 Å². The van der Waals surface area contributed by atoms with Crippen molar-refractivity contribution in [2.75, 3.05) is 20.7 Å². The normalized spacial score (nSPS) is 9.91. The van der Waals surface area contributed by atoms with Crippen molar-refractivity contribution in [3.8, 4) is 24.7 Å². The number of hydrogen-bond donors (Lipinski definition) is 1. The number of terminal acetylenes is 1. The van der Waals surface area contributed by atoms with Gasteiger partial charge < -0.3 is 9.64 Å². The predicted molar refractivity (Wildman–Crippen MR) is 153 cm³/mol. The van der Waals surface area contributed by atoms with Gasteiger partial charge in [0.2, 0.25) is 0 Å². The van der Waals surface area contributed by atoms with Crippen molar-refractivity contribution < 1.29 is 9.64 Å². The Morgan fingerprint density at radius 3 is 2.23 bits per heavy atom. The molecule has 3 heteroatoms. The smallest absolute Gasteiger partial charge is 0.126 e. The molecule has 188 valence electrons. The molecule has 0 aliphatic carbocycles. The monoisotopic (exact) mass is 473 g/mol. The number of nitrogens with one attached hydrogen (secondary N) is 1. The molecule has 2 rings (SSSR count). The highest BCUT2D eigenvalue weighted by Gasteiger charge is 2.22. The van der Waals surface area contributed by atoms with E-state index in [1.807, 2.05) is 32.9 Å². The first-order valence-corrected chi connectivity index (χ1v) is 12.1. The summed E-state index contributed by atoms with van der Waals surface area (Å²) in [4.78, 5) is 1.23. The van der Waals surface area contributed by atoms with Crippen LogP contribution in [0, 0.1) is 24.2 Å². The topological polar surface area (TPSA) is 37.5 Å². The lowest BCUT2D eigenvalue weighted by atomic mass is 9.93. The molecular weight excluding hydrogens is 428 g/mol. The van der Waals surface area contributed by atoms with Crippen molar-refractivity contribution in [2.45, 2.75) is 52.5 Å². The molecule has 0 saturated heterocycles. The number of benzene rings is 2. The van der Waals surface area contributed by atoms with Crippen LogP contribution < -0.4 is 9.64 Å². The first-order chi connectivity index (χ1) is 17.0. The number of allylic oxidation sites excluding steroid dienone is 3. The van der Waals surface area contributed by atoms with Crippen LogP contribution in [-0.2, 0) is 12.8 Å². The van der Waals surface area contributed by atoms with Gasteiger partial charge in [-0.25, -0.2) is 0 Å². The number of quaternary nitrogens is 1. The van der Waals surface area contributed by atoms with Crippen molar-refractivity contribution >= 4 is 0 Å². The Bertz CT molecular complexity index is 904. The van der Waals surface area contributed by atoms with Gasteiger partial charge in [0.15, 0.2) is 0 Å². The predicted octanol–water partition coefficient (Wildman–Crippen LogP) is 6.55. The zero-order valence-corrected chi connectivity index (χ0v) is 22.5. The summed E-state index contributed by atoms with van der Waals surface area (Å²) in [7, 11) is 4.17. The summed E-state index contributed by atoms with van der Waals surface area (Å²) in [6.45, 7) is 17.8. The van der Waals surface area contributed by atoms with E-state index in [4.69, 9.17) is 4.74 Å². The van der Waals surface area contributed by atoms with E-state index in [1.165, 1.54) is 16.0 Å². The molecule has 0 saturated carbocycles. The summed E-state index contributed by atoms with van der Waals surface area (Å²) < 4.78 is 6.03. The number of rotatable bonds is 11. The minimum atomic E-state index is 0.102. The van der Waals surface area contributed by atoms with Gasteiger partial charge in [-0.15, -0.1) is 19.4 Å². The first-order valence-electron chi connectivity index (χ1n) is 12.1. The zero-order chi connectivity index (χ0) is 27.1. The minimum absolute atomic E-state index is 0.102. The van der Waals surface area contributed by atoms with Crippen molar-refractivity contribution in [3.63, 3.8) is 0 Å². The number of aryl methyl sites for hydroxylation is 1. The number of nitrogens with zero attached hydrogens (tertiary/aromatic N) is 1. The van der Waals surface area contributed by atoms with E-state index >= 15 is 0 Å². The Balaban J connectivity index is 0. The molecule has 0 aliphatic rings. The van der Waals surface area contributed by atoms with Gasteiger partial charge >= 0.3 is 0 Å². The van der Waals surface area contributed by atoms with E-state index in [0.717, 1.165) is 36.1 Å². The van der Waals surface area contributed by atoms with Crippen LogP contribution in [-0.4, -0.2) is 20.7 Å². The van der Waals surface area contributed by atoms with Gasteiger partial charge in [-0.1, -0.05) is 81.1 Å². The average Bonchev–Trinajstić information content (AvgIpc) is 2.89. The van der Waals surface area contributed by atoms with E-state index in [-0.39, 0.29) is 6.04 Å². The zero-order valence-electron chi connectivity index (χ0n) is 22.5. The molecule has 3 nitrogen and oxygen atoms in total. The molecule has 0 amide bonds. The van der Waals surface area contributed by atoms with Crippen molar-refractivity contribution in [1.29, 1.82) is 5.26 Å². The Kier molecular flexibility index (Phi) is 21.4. The molecule has 0 fully saturated rings. The number of hydrogen-bond acceptors (Lipinski definition) is 2. The molecule has 0 heterocycles. The van der Waals surface area contributed by atoms with Crippen LogP contribution in [0.1, 0.15) is 56.3 Å². The van der Waals surface area contributed by atoms with E-state index in [1.54, 1.807) is 12.2 Å². The molecular formula is C32H45N2O+. The quantitative estimate of drug-likeness (QED) is 0.174. The summed E-state index contributed by atoms with van der Waals surface area (Å²) in [6, 6.07) is 19.1. The van der Waals surface area contributed by atoms with Crippen LogP contribution in [0.5, 0.6) is 5.75 Å². The van der Waals surface area contributed by atoms with Gasteiger partial charge in [0.05, 0.1) is 33.2 Å². The largest absolute Gasteiger partial charge is 0.494 e. The van der Waals surface area contributed by atoms with E-state index in [9.17, 15) is 5.26 Å². The molecule has 0 radical (unpaired) electrons. The Hall–Kier alpha value is -3.53. The second kappa shape index (κ2) is 22.3. The Labute approximate surface area is 215 Å². The van der Waals surface area contributed by atoms with E-state index in [2.05, 4.69) is 89.1 Å². The molecule has 0 aromatic heterocycles. The highest BCUT2D eigenvalue weighted by molar-refractivity contribution is 5.40. The third-order valence-electron chi connectivity index (χ3n) is 4.91. The second-order valence-electron chi connectivity index (χ2n) is 7.74. The van der Waals surface area contributed by atoms with Crippen LogP contribution in [0.2, 0.25) is 0 Å². The van der Waals surface area contributed by atoms with Crippen LogP contribution in [0.25, 0.3) is 0 Å². The fourth-order valence-electron chi connectivity index (χ4n) is 3.29. The van der Waals surface area contributed by atoms with Gasteiger partial charge in [0, 0.05) is 5.56 Å². The lowest BCUT2D eigenvalue weighted by Crippen LogP contribution is -3.06. The van der Waals surface area contributed by atoms with Crippen molar-refractivity contribution in [1.82, 2.24) is 0 Å². The van der Waals surface area contributed by atoms with Gasteiger partial charge in [-0.05, 0) is 49.4 Å². The number of nitriles is 1. The Morgan fingerprint density at radius 1 is 1.11 bits per heavy atom. The molecule has 35 heavy (non-hydrogen) atoms. The average molecular weight is 474 g/mol. The summed E-state index contributed by atoms with van der Waals surface area (Å²) in [5.41, 5.74) is 4.64. The highest BCUT2D eigenvalue weighted by Crippen LogP contribution is 2.26. The lowest BCUT2D eigenvalue weighted by molar-refractivity contribution is -0.891. The van der Waals surface area contributed by atoms with Crippen LogP contribution >= 0.6 is 0 Å². The second-order valence-corrected chi connectivity index (χ2v) is 7.74. The minimum Gasteiger partial charge on any atom is -0.494 e. The maximum absolute atomic E-state index is 9.29. The molecule has 1 N–H and O–H groups in total. The third kappa shape index (κ3) is 14.4. The lowest BCUT2D eigenvalue weighted by Gasteiger charge is -2.23. The highest BCUT2D eigenvalue weighted by atomic mass is 16.5. The summed E-state index contributed by atoms with van der Waals surface area (Å²) in [6.07, 6.45) is 14.7. The maximum atomic E-state index is 9.29. The molecule has 0 aliphatic heterocycles. The third-order valence-corrected chi connectivity index (χ3v) is 4.91. The Morgan fingerprint density at radius 2 is 1.71 bits per heavy atom. The maximum Gasteiger partial charge on any atom is 0.126 e.